The van der Waals surface area contributed by atoms with Gasteiger partial charge < -0.3 is 14.4 Å². The quantitative estimate of drug-likeness (QED) is 0.609. The first-order valence-electron chi connectivity index (χ1n) is 9.98. The van der Waals surface area contributed by atoms with Crippen molar-refractivity contribution in [3.8, 4) is 11.5 Å². The monoisotopic (exact) mass is 440 g/mol. The fourth-order valence-corrected chi connectivity index (χ4v) is 5.39. The van der Waals surface area contributed by atoms with Crippen molar-refractivity contribution in [1.82, 2.24) is 4.90 Å². The van der Waals surface area contributed by atoms with Crippen molar-refractivity contribution in [2.75, 3.05) is 31.6 Å². The third kappa shape index (κ3) is 3.67. The van der Waals surface area contributed by atoms with Crippen LogP contribution in [0.25, 0.3) is 10.8 Å². The molecule has 4 rings (SSSR count). The molecule has 0 aliphatic carbocycles. The molecule has 7 nitrogen and oxygen atoms in total. The number of hydrogen-bond donors (Lipinski definition) is 0. The van der Waals surface area contributed by atoms with Crippen LogP contribution in [-0.2, 0) is 14.8 Å². The zero-order valence-electron chi connectivity index (χ0n) is 17.6. The summed E-state index contributed by atoms with van der Waals surface area (Å²) in [6.45, 7) is 2.24. The van der Waals surface area contributed by atoms with E-state index in [0.29, 0.717) is 34.6 Å². The molecule has 3 aromatic carbocycles. The average molecular weight is 441 g/mol. The third-order valence-electron chi connectivity index (χ3n) is 5.16. The summed E-state index contributed by atoms with van der Waals surface area (Å²) in [6, 6.07) is 17.3. The van der Waals surface area contributed by atoms with Gasteiger partial charge in [-0.1, -0.05) is 36.4 Å². The highest BCUT2D eigenvalue weighted by molar-refractivity contribution is 7.93. The number of ether oxygens (including phenoxy) is 2. The molecule has 3 aromatic rings. The Hall–Kier alpha value is -3.26. The minimum absolute atomic E-state index is 0.113. The molecule has 1 atom stereocenters. The molecular weight excluding hydrogens is 416 g/mol. The minimum atomic E-state index is -4.00. The van der Waals surface area contributed by atoms with Crippen LogP contribution in [-0.4, -0.2) is 52.6 Å². The molecule has 1 aliphatic rings. The summed E-state index contributed by atoms with van der Waals surface area (Å²) in [6.07, 6.45) is -0.936. The molecule has 0 saturated heterocycles. The van der Waals surface area contributed by atoms with Gasteiger partial charge in [-0.05, 0) is 31.2 Å². The molecule has 0 saturated carbocycles. The summed E-state index contributed by atoms with van der Waals surface area (Å²) in [5, 5.41) is 1.28. The van der Waals surface area contributed by atoms with E-state index in [2.05, 4.69) is 0 Å². The highest BCUT2D eigenvalue weighted by Gasteiger charge is 2.38. The number of sulfonamides is 1. The number of nitrogens with zero attached hydrogens (tertiary/aromatic N) is 2. The second-order valence-corrected chi connectivity index (χ2v) is 9.21. The SMILES string of the molecule is CCOc1ccc(S(=O)(=O)N2C[C@H](C(=O)N(C)C)Oc3ccccc32)c2ccccc12. The Morgan fingerprint density at radius 2 is 1.74 bits per heavy atom. The standard InChI is InChI=1S/C23H24N2O5S/c1-4-29-19-13-14-22(17-10-6-5-9-16(17)19)31(27,28)25-15-21(23(26)24(2)3)30-20-12-8-7-11-18(20)25/h5-14,21H,4,15H2,1-3H3/t21-/m1/s1. The maximum atomic E-state index is 13.9. The van der Waals surface area contributed by atoms with Gasteiger partial charge in [-0.15, -0.1) is 0 Å². The molecule has 1 heterocycles. The molecule has 0 unspecified atom stereocenters. The lowest BCUT2D eigenvalue weighted by Crippen LogP contribution is -2.50. The molecule has 31 heavy (non-hydrogen) atoms. The van der Waals surface area contributed by atoms with E-state index in [4.69, 9.17) is 9.47 Å². The largest absolute Gasteiger partial charge is 0.493 e. The summed E-state index contributed by atoms with van der Waals surface area (Å²) in [5.41, 5.74) is 0.406. The van der Waals surface area contributed by atoms with Gasteiger partial charge in [0, 0.05) is 24.9 Å². The fourth-order valence-electron chi connectivity index (χ4n) is 3.72. The van der Waals surface area contributed by atoms with Crippen LogP contribution >= 0.6 is 0 Å². The van der Waals surface area contributed by atoms with Crippen molar-refractivity contribution < 1.29 is 22.7 Å². The predicted molar refractivity (Wildman–Crippen MR) is 119 cm³/mol. The van der Waals surface area contributed by atoms with E-state index >= 15 is 0 Å². The highest BCUT2D eigenvalue weighted by atomic mass is 32.2. The first-order valence-corrected chi connectivity index (χ1v) is 11.4. The van der Waals surface area contributed by atoms with E-state index in [1.165, 1.54) is 9.21 Å². The van der Waals surface area contributed by atoms with Crippen LogP contribution < -0.4 is 13.8 Å². The summed E-state index contributed by atoms with van der Waals surface area (Å²) >= 11 is 0. The van der Waals surface area contributed by atoms with Gasteiger partial charge in [0.25, 0.3) is 15.9 Å². The number of rotatable bonds is 5. The van der Waals surface area contributed by atoms with Gasteiger partial charge >= 0.3 is 0 Å². The number of amides is 1. The van der Waals surface area contributed by atoms with Gasteiger partial charge in [-0.25, -0.2) is 8.42 Å². The smallest absolute Gasteiger partial charge is 0.265 e. The fraction of sp³-hybridized carbons (Fsp3) is 0.261. The Morgan fingerprint density at radius 3 is 2.45 bits per heavy atom. The molecule has 0 aromatic heterocycles. The van der Waals surface area contributed by atoms with Gasteiger partial charge in [0.1, 0.15) is 11.5 Å². The van der Waals surface area contributed by atoms with Gasteiger partial charge in [0.15, 0.2) is 6.10 Å². The molecule has 0 bridgehead atoms. The first kappa shape index (κ1) is 21.0. The molecular formula is C23H24N2O5S. The molecule has 162 valence electrons. The molecule has 0 N–H and O–H groups in total. The van der Waals surface area contributed by atoms with Crippen molar-refractivity contribution in [3.05, 3.63) is 60.7 Å². The van der Waals surface area contributed by atoms with Crippen LogP contribution in [0.15, 0.2) is 65.6 Å². The number of carbonyl (C=O) groups is 1. The van der Waals surface area contributed by atoms with Gasteiger partial charge in [0.05, 0.1) is 23.7 Å². The Bertz CT molecular complexity index is 1240. The van der Waals surface area contributed by atoms with E-state index in [9.17, 15) is 13.2 Å². The minimum Gasteiger partial charge on any atom is -0.493 e. The number of fused-ring (bicyclic) bond motifs is 2. The second kappa shape index (κ2) is 8.11. The van der Waals surface area contributed by atoms with Crippen LogP contribution in [0.1, 0.15) is 6.92 Å². The Labute approximate surface area is 181 Å². The van der Waals surface area contributed by atoms with E-state index in [1.807, 2.05) is 19.1 Å². The van der Waals surface area contributed by atoms with Gasteiger partial charge in [-0.2, -0.15) is 0 Å². The van der Waals surface area contributed by atoms with E-state index in [1.54, 1.807) is 62.6 Å². The van der Waals surface area contributed by atoms with Crippen LogP contribution in [0.5, 0.6) is 11.5 Å². The van der Waals surface area contributed by atoms with Crippen LogP contribution in [0, 0.1) is 0 Å². The highest BCUT2D eigenvalue weighted by Crippen LogP contribution is 2.39. The molecule has 0 fully saturated rings. The average Bonchev–Trinajstić information content (AvgIpc) is 2.78. The van der Waals surface area contributed by atoms with Crippen molar-refractivity contribution in [1.29, 1.82) is 0 Å². The maximum Gasteiger partial charge on any atom is 0.265 e. The van der Waals surface area contributed by atoms with Crippen LogP contribution in [0.2, 0.25) is 0 Å². The van der Waals surface area contributed by atoms with Gasteiger partial charge in [0.2, 0.25) is 0 Å². The van der Waals surface area contributed by atoms with Crippen molar-refractivity contribution in [2.24, 2.45) is 0 Å². The van der Waals surface area contributed by atoms with E-state index < -0.39 is 16.1 Å². The topological polar surface area (TPSA) is 76.2 Å². The maximum absolute atomic E-state index is 13.9. The number of hydrogen-bond acceptors (Lipinski definition) is 5. The van der Waals surface area contributed by atoms with E-state index in [-0.39, 0.29) is 17.3 Å². The number of carbonyl (C=O) groups excluding carboxylic acids is 1. The van der Waals surface area contributed by atoms with Gasteiger partial charge in [-0.3, -0.25) is 9.10 Å². The summed E-state index contributed by atoms with van der Waals surface area (Å²) in [5.74, 6) is 0.680. The number of benzene rings is 3. The Balaban J connectivity index is 1.87. The molecule has 8 heteroatoms. The zero-order valence-corrected chi connectivity index (χ0v) is 18.4. The third-order valence-corrected chi connectivity index (χ3v) is 7.00. The van der Waals surface area contributed by atoms with Crippen LogP contribution in [0.4, 0.5) is 5.69 Å². The molecule has 0 spiro atoms. The molecule has 0 radical (unpaired) electrons. The Kier molecular flexibility index (Phi) is 5.49. The van der Waals surface area contributed by atoms with Crippen LogP contribution in [0.3, 0.4) is 0 Å². The Morgan fingerprint density at radius 1 is 1.06 bits per heavy atom. The summed E-state index contributed by atoms with van der Waals surface area (Å²) in [4.78, 5) is 14.2. The van der Waals surface area contributed by atoms with E-state index in [0.717, 1.165) is 0 Å². The predicted octanol–water partition coefficient (Wildman–Crippen LogP) is 3.28. The summed E-state index contributed by atoms with van der Waals surface area (Å²) in [7, 11) is -0.767. The van der Waals surface area contributed by atoms with Crippen molar-refractivity contribution >= 4 is 32.4 Å². The van der Waals surface area contributed by atoms with Crippen molar-refractivity contribution in [3.63, 3.8) is 0 Å². The second-order valence-electron chi connectivity index (χ2n) is 7.38. The zero-order chi connectivity index (χ0) is 22.2. The lowest BCUT2D eigenvalue weighted by atomic mass is 10.1. The number of anilines is 1. The summed E-state index contributed by atoms with van der Waals surface area (Å²) < 4.78 is 40.5. The molecule has 1 amide bonds. The lowest BCUT2D eigenvalue weighted by Gasteiger charge is -2.35. The first-order chi connectivity index (χ1) is 14.8. The number of para-hydroxylation sites is 2. The van der Waals surface area contributed by atoms with Crippen molar-refractivity contribution in [2.45, 2.75) is 17.9 Å². The number of likely N-dealkylation sites (N-methyl/N-ethyl adjacent to an activating group) is 1. The molecule has 1 aliphatic heterocycles. The lowest BCUT2D eigenvalue weighted by molar-refractivity contribution is -0.135. The normalized spacial score (nSPS) is 15.8.